The largest absolute Gasteiger partial charge is 0.586 e. The highest BCUT2D eigenvalue weighted by Crippen LogP contribution is 2.51. The van der Waals surface area contributed by atoms with Crippen molar-refractivity contribution in [1.29, 1.82) is 0 Å². The minimum atomic E-state index is -3.60. The van der Waals surface area contributed by atoms with E-state index in [1.807, 2.05) is 25.1 Å². The van der Waals surface area contributed by atoms with E-state index in [2.05, 4.69) is 39.9 Å². The summed E-state index contributed by atoms with van der Waals surface area (Å²) in [6.07, 6.45) is -1.83. The van der Waals surface area contributed by atoms with E-state index in [0.717, 1.165) is 41.0 Å². The first kappa shape index (κ1) is 17.9. The van der Waals surface area contributed by atoms with Crippen molar-refractivity contribution in [2.75, 3.05) is 5.32 Å². The van der Waals surface area contributed by atoms with Crippen LogP contribution < -0.4 is 14.8 Å². The van der Waals surface area contributed by atoms with Gasteiger partial charge in [-0.1, -0.05) is 35.9 Å². The summed E-state index contributed by atoms with van der Waals surface area (Å²) < 4.78 is 35.8. The number of aromatic nitrogens is 1. The van der Waals surface area contributed by atoms with Crippen LogP contribution in [0.25, 0.3) is 11.3 Å². The van der Waals surface area contributed by atoms with Gasteiger partial charge in [0.15, 0.2) is 11.5 Å². The summed E-state index contributed by atoms with van der Waals surface area (Å²) in [6.45, 7) is 4.10. The van der Waals surface area contributed by atoms with Gasteiger partial charge in [-0.3, -0.25) is 0 Å². The average Bonchev–Trinajstić information content (AvgIpc) is 3.37. The Labute approximate surface area is 167 Å². The quantitative estimate of drug-likeness (QED) is 0.608. The fraction of sp³-hybridized carbons (Fsp3) is 0.261. The molecule has 0 spiro atoms. The average molecular weight is 394 g/mol. The molecular formula is C23H20F2N2O2. The number of halogens is 2. The second-order valence-corrected chi connectivity index (χ2v) is 7.77. The van der Waals surface area contributed by atoms with Gasteiger partial charge in [0.2, 0.25) is 0 Å². The van der Waals surface area contributed by atoms with Gasteiger partial charge in [0.25, 0.3) is 0 Å². The van der Waals surface area contributed by atoms with E-state index in [1.54, 1.807) is 12.1 Å². The lowest BCUT2D eigenvalue weighted by Gasteiger charge is -2.20. The molecule has 0 unspecified atom stereocenters. The van der Waals surface area contributed by atoms with Gasteiger partial charge < -0.3 is 14.8 Å². The highest BCUT2D eigenvalue weighted by molar-refractivity contribution is 5.66. The summed E-state index contributed by atoms with van der Waals surface area (Å²) in [6, 6.07) is 17.2. The molecule has 3 aromatic rings. The third-order valence-electron chi connectivity index (χ3n) is 5.46. The maximum atomic E-state index is 13.3. The number of anilines is 1. The number of hydrogen-bond donors (Lipinski definition) is 1. The topological polar surface area (TPSA) is 43.4 Å². The molecule has 0 amide bonds. The third-order valence-corrected chi connectivity index (χ3v) is 5.46. The number of alkyl halides is 2. The van der Waals surface area contributed by atoms with Gasteiger partial charge in [-0.05, 0) is 62.1 Å². The number of pyridine rings is 1. The summed E-state index contributed by atoms with van der Waals surface area (Å²) >= 11 is 0. The summed E-state index contributed by atoms with van der Waals surface area (Å²) in [5.41, 5.74) is 4.83. The van der Waals surface area contributed by atoms with E-state index >= 15 is 0 Å². The minimum absolute atomic E-state index is 0.0599. The Morgan fingerprint density at radius 3 is 2.48 bits per heavy atom. The molecule has 1 saturated carbocycles. The van der Waals surface area contributed by atoms with E-state index in [9.17, 15) is 8.78 Å². The van der Waals surface area contributed by atoms with Crippen molar-refractivity contribution >= 4 is 5.82 Å². The third kappa shape index (κ3) is 3.28. The van der Waals surface area contributed by atoms with Gasteiger partial charge in [-0.15, -0.1) is 8.78 Å². The lowest BCUT2D eigenvalue weighted by atomic mass is 10.0. The molecule has 0 bridgehead atoms. The van der Waals surface area contributed by atoms with Crippen molar-refractivity contribution in [3.05, 3.63) is 71.3 Å². The van der Waals surface area contributed by atoms with Gasteiger partial charge in [0, 0.05) is 5.56 Å². The lowest BCUT2D eigenvalue weighted by Crippen LogP contribution is -2.26. The first-order valence-corrected chi connectivity index (χ1v) is 9.57. The summed E-state index contributed by atoms with van der Waals surface area (Å²) in [5, 5.41) is 3.51. The van der Waals surface area contributed by atoms with Crippen LogP contribution in [0.1, 0.15) is 29.5 Å². The number of nitrogens with one attached hydrogen (secondary N) is 1. The molecule has 6 heteroatoms. The van der Waals surface area contributed by atoms with Crippen molar-refractivity contribution in [3.8, 4) is 22.8 Å². The molecule has 29 heavy (non-hydrogen) atoms. The van der Waals surface area contributed by atoms with E-state index in [-0.39, 0.29) is 17.0 Å². The molecular weight excluding hydrogens is 374 g/mol. The molecule has 2 aromatic carbocycles. The molecule has 1 aliphatic carbocycles. The smallest absolute Gasteiger partial charge is 0.395 e. The first-order valence-electron chi connectivity index (χ1n) is 9.57. The molecule has 0 radical (unpaired) electrons. The maximum Gasteiger partial charge on any atom is 0.586 e. The molecule has 148 valence electrons. The van der Waals surface area contributed by atoms with Crippen LogP contribution in [0.15, 0.2) is 54.6 Å². The minimum Gasteiger partial charge on any atom is -0.395 e. The van der Waals surface area contributed by atoms with Crippen LogP contribution in [0.4, 0.5) is 14.6 Å². The number of benzene rings is 2. The van der Waals surface area contributed by atoms with Crippen molar-refractivity contribution in [3.63, 3.8) is 0 Å². The van der Waals surface area contributed by atoms with Crippen LogP contribution in [-0.2, 0) is 5.54 Å². The predicted molar refractivity (Wildman–Crippen MR) is 106 cm³/mol. The Kier molecular flexibility index (Phi) is 3.81. The van der Waals surface area contributed by atoms with Crippen molar-refractivity contribution in [1.82, 2.24) is 4.98 Å². The number of rotatable bonds is 4. The Hall–Kier alpha value is -3.15. The van der Waals surface area contributed by atoms with E-state index in [4.69, 9.17) is 4.98 Å². The zero-order valence-corrected chi connectivity index (χ0v) is 16.1. The summed E-state index contributed by atoms with van der Waals surface area (Å²) in [4.78, 5) is 4.84. The van der Waals surface area contributed by atoms with Crippen LogP contribution in [0.5, 0.6) is 11.5 Å². The van der Waals surface area contributed by atoms with Crippen LogP contribution in [0.2, 0.25) is 0 Å². The van der Waals surface area contributed by atoms with E-state index in [0.29, 0.717) is 0 Å². The fourth-order valence-corrected chi connectivity index (χ4v) is 3.79. The van der Waals surface area contributed by atoms with Gasteiger partial charge in [-0.2, -0.15) is 0 Å². The molecule has 0 saturated heterocycles. The zero-order valence-electron chi connectivity index (χ0n) is 16.1. The Morgan fingerprint density at radius 2 is 1.72 bits per heavy atom. The molecule has 1 aliphatic heterocycles. The van der Waals surface area contributed by atoms with Crippen molar-refractivity contribution in [2.24, 2.45) is 0 Å². The van der Waals surface area contributed by atoms with E-state index in [1.165, 1.54) is 11.6 Å². The number of hydrogen-bond acceptors (Lipinski definition) is 4. The number of ether oxygens (including phenoxy) is 2. The van der Waals surface area contributed by atoms with Gasteiger partial charge >= 0.3 is 6.29 Å². The van der Waals surface area contributed by atoms with Crippen molar-refractivity contribution in [2.45, 2.75) is 38.5 Å². The van der Waals surface area contributed by atoms with Gasteiger partial charge in [0.05, 0.1) is 11.2 Å². The second kappa shape index (κ2) is 6.17. The van der Waals surface area contributed by atoms with Crippen LogP contribution >= 0.6 is 0 Å². The fourth-order valence-electron chi connectivity index (χ4n) is 3.79. The Balaban J connectivity index is 1.45. The number of nitrogens with zero attached hydrogens (tertiary/aromatic N) is 1. The highest BCUT2D eigenvalue weighted by atomic mass is 19.3. The van der Waals surface area contributed by atoms with Crippen molar-refractivity contribution < 1.29 is 18.3 Å². The molecule has 1 fully saturated rings. The van der Waals surface area contributed by atoms with E-state index < -0.39 is 6.29 Å². The summed E-state index contributed by atoms with van der Waals surface area (Å²) in [5.74, 6) is 0.884. The Bertz CT molecular complexity index is 1110. The monoisotopic (exact) mass is 394 g/mol. The standard InChI is InChI=1S/C23H20F2N2O2/c1-14-4-3-5-16(12-14)21-15(2)6-9-20(26-21)27-22(10-11-22)17-7-8-18-19(13-17)29-23(24,25)28-18/h3-9,12-13H,10-11H2,1-2H3,(H,26,27). The van der Waals surface area contributed by atoms with Crippen LogP contribution in [-0.4, -0.2) is 11.3 Å². The maximum absolute atomic E-state index is 13.3. The number of aryl methyl sites for hydroxylation is 2. The second-order valence-electron chi connectivity index (χ2n) is 7.77. The molecule has 2 aliphatic rings. The van der Waals surface area contributed by atoms with Gasteiger partial charge in [0.1, 0.15) is 5.82 Å². The summed E-state index contributed by atoms with van der Waals surface area (Å²) in [7, 11) is 0. The highest BCUT2D eigenvalue weighted by Gasteiger charge is 2.48. The predicted octanol–water partition coefficient (Wildman–Crippen LogP) is 5.79. The normalized spacial score (nSPS) is 17.8. The molecule has 5 rings (SSSR count). The van der Waals surface area contributed by atoms with Crippen LogP contribution in [0.3, 0.4) is 0 Å². The first-order chi connectivity index (χ1) is 13.8. The molecule has 1 N–H and O–H groups in total. The molecule has 4 nitrogen and oxygen atoms in total. The van der Waals surface area contributed by atoms with Crippen LogP contribution in [0, 0.1) is 13.8 Å². The number of fused-ring (bicyclic) bond motifs is 1. The van der Waals surface area contributed by atoms with Gasteiger partial charge in [-0.25, -0.2) is 4.98 Å². The lowest BCUT2D eigenvalue weighted by molar-refractivity contribution is -0.286. The molecule has 1 aromatic heterocycles. The Morgan fingerprint density at radius 1 is 0.931 bits per heavy atom. The molecule has 2 heterocycles. The molecule has 0 atom stereocenters. The zero-order chi connectivity index (χ0) is 20.2. The SMILES string of the molecule is Cc1cccc(-c2nc(NC3(c4ccc5c(c4)OC(F)(F)O5)CC3)ccc2C)c1.